The second-order valence-corrected chi connectivity index (χ2v) is 6.27. The number of hydrogen-bond donors (Lipinski definition) is 1. The summed E-state index contributed by atoms with van der Waals surface area (Å²) >= 11 is 0. The van der Waals surface area contributed by atoms with Crippen molar-refractivity contribution >= 4 is 5.91 Å². The first-order chi connectivity index (χ1) is 13.2. The van der Waals surface area contributed by atoms with Gasteiger partial charge in [-0.05, 0) is 49.2 Å². The topological polar surface area (TPSA) is 78.3 Å². The molecule has 138 valence electrons. The number of nitrogens with one attached hydrogen (secondary N) is 1. The maximum Gasteiger partial charge on any atom is 0.251 e. The van der Waals surface area contributed by atoms with Crippen LogP contribution in [0.5, 0.6) is 11.5 Å². The normalized spacial score (nSPS) is 13.4. The number of carbonyl (C=O) groups is 1. The van der Waals surface area contributed by atoms with Gasteiger partial charge in [0, 0.05) is 12.1 Å². The van der Waals surface area contributed by atoms with E-state index < -0.39 is 0 Å². The molecule has 0 aliphatic carbocycles. The van der Waals surface area contributed by atoms with Crippen molar-refractivity contribution in [2.24, 2.45) is 0 Å². The van der Waals surface area contributed by atoms with Crippen molar-refractivity contribution in [2.75, 3.05) is 6.79 Å². The van der Waals surface area contributed by atoms with Gasteiger partial charge in [-0.25, -0.2) is 9.67 Å². The lowest BCUT2D eigenvalue weighted by atomic mass is 10.0. The number of fused-ring (bicyclic) bond motifs is 1. The van der Waals surface area contributed by atoms with E-state index in [-0.39, 0.29) is 18.7 Å². The standard InChI is InChI=1S/C20H20N4O3/c1-3-24-19(21-11-22-24)13(2)23-20(25)15-6-4-14(5-7-15)16-8-9-17-18(10-16)27-12-26-17/h4-11,13H,3,12H2,1-2H3,(H,23,25)/t13-/m1/s1. The summed E-state index contributed by atoms with van der Waals surface area (Å²) < 4.78 is 12.5. The Balaban J connectivity index is 1.48. The molecule has 1 aromatic heterocycles. The van der Waals surface area contributed by atoms with Crippen LogP contribution in [0, 0.1) is 0 Å². The Hall–Kier alpha value is -3.35. The van der Waals surface area contributed by atoms with Crippen LogP contribution in [0.2, 0.25) is 0 Å². The van der Waals surface area contributed by atoms with Crippen molar-refractivity contribution in [1.29, 1.82) is 0 Å². The highest BCUT2D eigenvalue weighted by molar-refractivity contribution is 5.94. The number of hydrogen-bond acceptors (Lipinski definition) is 5. The Morgan fingerprint density at radius 3 is 2.67 bits per heavy atom. The highest BCUT2D eigenvalue weighted by Gasteiger charge is 2.17. The number of amides is 1. The molecule has 0 fully saturated rings. The summed E-state index contributed by atoms with van der Waals surface area (Å²) in [4.78, 5) is 16.8. The molecule has 1 aliphatic heterocycles. The molecular weight excluding hydrogens is 344 g/mol. The SMILES string of the molecule is CCn1ncnc1[C@@H](C)NC(=O)c1ccc(-c2ccc3c(c2)OCO3)cc1. The summed E-state index contributed by atoms with van der Waals surface area (Å²) in [6.45, 7) is 4.85. The smallest absolute Gasteiger partial charge is 0.251 e. The molecule has 0 saturated heterocycles. The first kappa shape index (κ1) is 17.1. The number of ether oxygens (including phenoxy) is 2. The third kappa shape index (κ3) is 3.36. The summed E-state index contributed by atoms with van der Waals surface area (Å²) in [6.07, 6.45) is 1.50. The Morgan fingerprint density at radius 2 is 1.89 bits per heavy atom. The first-order valence-electron chi connectivity index (χ1n) is 8.84. The molecule has 0 unspecified atom stereocenters. The van der Waals surface area contributed by atoms with E-state index in [1.165, 1.54) is 6.33 Å². The number of aromatic nitrogens is 3. The molecule has 0 radical (unpaired) electrons. The Kier molecular flexibility index (Phi) is 4.50. The molecule has 2 aromatic carbocycles. The molecule has 4 rings (SSSR count). The number of aryl methyl sites for hydroxylation is 1. The number of rotatable bonds is 5. The maximum atomic E-state index is 12.5. The van der Waals surface area contributed by atoms with Crippen LogP contribution in [0.1, 0.15) is 36.1 Å². The summed E-state index contributed by atoms with van der Waals surface area (Å²) in [5.74, 6) is 2.08. The number of nitrogens with zero attached hydrogens (tertiary/aromatic N) is 3. The van der Waals surface area contributed by atoms with Crippen molar-refractivity contribution < 1.29 is 14.3 Å². The quantitative estimate of drug-likeness (QED) is 0.752. The van der Waals surface area contributed by atoms with E-state index in [1.54, 1.807) is 4.68 Å². The van der Waals surface area contributed by atoms with Gasteiger partial charge in [-0.1, -0.05) is 18.2 Å². The van der Waals surface area contributed by atoms with Gasteiger partial charge in [0.05, 0.1) is 6.04 Å². The Labute approximate surface area is 156 Å². The predicted molar refractivity (Wildman–Crippen MR) is 99.6 cm³/mol. The Morgan fingerprint density at radius 1 is 1.15 bits per heavy atom. The zero-order chi connectivity index (χ0) is 18.8. The van der Waals surface area contributed by atoms with Crippen LogP contribution in [0.15, 0.2) is 48.8 Å². The fraction of sp³-hybridized carbons (Fsp3) is 0.250. The molecule has 2 heterocycles. The van der Waals surface area contributed by atoms with Gasteiger partial charge in [0.2, 0.25) is 6.79 Å². The molecule has 0 saturated carbocycles. The second-order valence-electron chi connectivity index (χ2n) is 6.27. The van der Waals surface area contributed by atoms with Crippen LogP contribution in [0.4, 0.5) is 0 Å². The summed E-state index contributed by atoms with van der Waals surface area (Å²) in [5.41, 5.74) is 2.60. The molecule has 27 heavy (non-hydrogen) atoms. The van der Waals surface area contributed by atoms with Gasteiger partial charge in [-0.15, -0.1) is 0 Å². The lowest BCUT2D eigenvalue weighted by molar-refractivity contribution is 0.0937. The zero-order valence-electron chi connectivity index (χ0n) is 15.2. The van der Waals surface area contributed by atoms with Crippen molar-refractivity contribution in [2.45, 2.75) is 26.4 Å². The van der Waals surface area contributed by atoms with Gasteiger partial charge < -0.3 is 14.8 Å². The van der Waals surface area contributed by atoms with Crippen LogP contribution in [0.3, 0.4) is 0 Å². The van der Waals surface area contributed by atoms with E-state index in [0.29, 0.717) is 12.1 Å². The molecule has 1 amide bonds. The third-order valence-corrected chi connectivity index (χ3v) is 4.53. The molecule has 7 heteroatoms. The van der Waals surface area contributed by atoms with Gasteiger partial charge in [0.25, 0.3) is 5.91 Å². The number of carbonyl (C=O) groups excluding carboxylic acids is 1. The molecule has 7 nitrogen and oxygen atoms in total. The summed E-state index contributed by atoms with van der Waals surface area (Å²) in [6, 6.07) is 13.0. The van der Waals surface area contributed by atoms with Gasteiger partial charge in [0.1, 0.15) is 12.2 Å². The zero-order valence-corrected chi connectivity index (χ0v) is 15.2. The van der Waals surface area contributed by atoms with Crippen LogP contribution in [0.25, 0.3) is 11.1 Å². The monoisotopic (exact) mass is 364 g/mol. The molecular formula is C20H20N4O3. The van der Waals surface area contributed by atoms with E-state index in [4.69, 9.17) is 9.47 Å². The van der Waals surface area contributed by atoms with Crippen molar-refractivity contribution in [3.05, 3.63) is 60.2 Å². The Bertz CT molecular complexity index is 966. The van der Waals surface area contributed by atoms with E-state index in [1.807, 2.05) is 56.3 Å². The lowest BCUT2D eigenvalue weighted by Crippen LogP contribution is -2.28. The van der Waals surface area contributed by atoms with Crippen LogP contribution >= 0.6 is 0 Å². The van der Waals surface area contributed by atoms with Crippen molar-refractivity contribution in [3.63, 3.8) is 0 Å². The summed E-state index contributed by atoms with van der Waals surface area (Å²) in [5, 5.41) is 7.11. The van der Waals surface area contributed by atoms with Gasteiger partial charge >= 0.3 is 0 Å². The van der Waals surface area contributed by atoms with E-state index in [2.05, 4.69) is 15.4 Å². The van der Waals surface area contributed by atoms with E-state index in [0.717, 1.165) is 28.5 Å². The van der Waals surface area contributed by atoms with Crippen LogP contribution in [-0.4, -0.2) is 27.5 Å². The minimum absolute atomic E-state index is 0.148. The number of benzene rings is 2. The average molecular weight is 364 g/mol. The maximum absolute atomic E-state index is 12.5. The molecule has 1 aliphatic rings. The van der Waals surface area contributed by atoms with E-state index in [9.17, 15) is 4.79 Å². The fourth-order valence-corrected chi connectivity index (χ4v) is 3.09. The van der Waals surface area contributed by atoms with Gasteiger partial charge in [-0.2, -0.15) is 5.10 Å². The van der Waals surface area contributed by atoms with Crippen LogP contribution < -0.4 is 14.8 Å². The van der Waals surface area contributed by atoms with Gasteiger partial charge in [0.15, 0.2) is 11.5 Å². The molecule has 3 aromatic rings. The fourth-order valence-electron chi connectivity index (χ4n) is 3.09. The summed E-state index contributed by atoms with van der Waals surface area (Å²) in [7, 11) is 0. The highest BCUT2D eigenvalue weighted by atomic mass is 16.7. The molecule has 1 atom stereocenters. The lowest BCUT2D eigenvalue weighted by Gasteiger charge is -2.14. The van der Waals surface area contributed by atoms with Gasteiger partial charge in [-0.3, -0.25) is 4.79 Å². The minimum Gasteiger partial charge on any atom is -0.454 e. The second kappa shape index (κ2) is 7.11. The van der Waals surface area contributed by atoms with Crippen molar-refractivity contribution in [1.82, 2.24) is 20.1 Å². The average Bonchev–Trinajstić information content (AvgIpc) is 3.36. The van der Waals surface area contributed by atoms with E-state index >= 15 is 0 Å². The third-order valence-electron chi connectivity index (χ3n) is 4.53. The largest absolute Gasteiger partial charge is 0.454 e. The predicted octanol–water partition coefficient (Wildman–Crippen LogP) is 3.18. The first-order valence-corrected chi connectivity index (χ1v) is 8.84. The van der Waals surface area contributed by atoms with Crippen molar-refractivity contribution in [3.8, 4) is 22.6 Å². The molecule has 0 bridgehead atoms. The molecule has 0 spiro atoms. The van der Waals surface area contributed by atoms with Crippen LogP contribution in [-0.2, 0) is 6.54 Å². The minimum atomic E-state index is -0.228. The molecule has 1 N–H and O–H groups in total. The highest BCUT2D eigenvalue weighted by Crippen LogP contribution is 2.35.